The molecule has 1 atom stereocenters. The molecule has 1 fully saturated rings. The molecule has 1 aliphatic carbocycles. The Bertz CT molecular complexity index is 1220. The molecule has 1 aromatic carbocycles. The van der Waals surface area contributed by atoms with Crippen molar-refractivity contribution in [3.63, 3.8) is 0 Å². The van der Waals surface area contributed by atoms with E-state index in [1.54, 1.807) is 0 Å². The largest absolute Gasteiger partial charge is 0.364 e. The maximum absolute atomic E-state index is 6.06. The van der Waals surface area contributed by atoms with Crippen LogP contribution in [0.25, 0.3) is 17.0 Å². The van der Waals surface area contributed by atoms with Gasteiger partial charge in [0.05, 0.1) is 23.6 Å². The fraction of sp³-hybridized carbons (Fsp3) is 0.346. The molecule has 35 heavy (non-hydrogen) atoms. The van der Waals surface area contributed by atoms with E-state index in [0.29, 0.717) is 18.6 Å². The van der Waals surface area contributed by atoms with E-state index >= 15 is 0 Å². The second kappa shape index (κ2) is 11.5. The predicted octanol–water partition coefficient (Wildman–Crippen LogP) is 4.40. The van der Waals surface area contributed by atoms with Crippen molar-refractivity contribution in [3.05, 3.63) is 72.7 Å². The smallest absolute Gasteiger partial charge is 0.180 e. The van der Waals surface area contributed by atoms with Crippen molar-refractivity contribution in [2.75, 3.05) is 17.2 Å². The molecule has 184 valence electrons. The molecule has 0 amide bonds. The number of nitrogens with two attached hydrogens (primary N) is 2. The number of halogens is 1. The Morgan fingerprint density at radius 1 is 1.00 bits per heavy atom. The van der Waals surface area contributed by atoms with E-state index in [9.17, 15) is 0 Å². The first-order valence-electron chi connectivity index (χ1n) is 12.0. The van der Waals surface area contributed by atoms with Crippen molar-refractivity contribution in [1.82, 2.24) is 19.4 Å². The molecule has 0 bridgehead atoms. The van der Waals surface area contributed by atoms with E-state index in [-0.39, 0.29) is 18.4 Å². The van der Waals surface area contributed by atoms with Crippen molar-refractivity contribution in [3.8, 4) is 11.4 Å². The van der Waals surface area contributed by atoms with Crippen LogP contribution in [-0.4, -0.2) is 38.0 Å². The van der Waals surface area contributed by atoms with Gasteiger partial charge in [0.1, 0.15) is 5.82 Å². The third-order valence-electron chi connectivity index (χ3n) is 6.53. The molecule has 1 aliphatic rings. The molecule has 6 N–H and O–H groups in total. The quantitative estimate of drug-likeness (QED) is 0.288. The van der Waals surface area contributed by atoms with Gasteiger partial charge in [-0.2, -0.15) is 0 Å². The summed E-state index contributed by atoms with van der Waals surface area (Å²) in [6.07, 6.45) is 10.6. The number of hydrogen-bond acceptors (Lipinski definition) is 7. The summed E-state index contributed by atoms with van der Waals surface area (Å²) in [5.74, 6) is 1.61. The van der Waals surface area contributed by atoms with Crippen LogP contribution in [0.4, 0.5) is 11.6 Å². The molecular weight excluding hydrogens is 460 g/mol. The van der Waals surface area contributed by atoms with Gasteiger partial charge >= 0.3 is 0 Å². The van der Waals surface area contributed by atoms with Crippen LogP contribution >= 0.6 is 12.4 Å². The van der Waals surface area contributed by atoms with E-state index in [0.717, 1.165) is 60.8 Å². The third-order valence-corrected chi connectivity index (χ3v) is 6.53. The third kappa shape index (κ3) is 5.73. The highest BCUT2D eigenvalue weighted by Crippen LogP contribution is 2.27. The minimum Gasteiger partial charge on any atom is -0.364 e. The minimum absolute atomic E-state index is 0. The summed E-state index contributed by atoms with van der Waals surface area (Å²) >= 11 is 0. The molecular formula is C26H33ClN8. The van der Waals surface area contributed by atoms with Gasteiger partial charge < -0.3 is 22.1 Å². The second-order valence-electron chi connectivity index (χ2n) is 8.96. The van der Waals surface area contributed by atoms with Crippen LogP contribution in [0, 0.1) is 0 Å². The van der Waals surface area contributed by atoms with Gasteiger partial charge in [-0.1, -0.05) is 36.4 Å². The summed E-state index contributed by atoms with van der Waals surface area (Å²) in [5, 5.41) is 7.14. The topological polar surface area (TPSA) is 119 Å². The number of benzene rings is 1. The molecule has 0 spiro atoms. The Morgan fingerprint density at radius 2 is 1.80 bits per heavy atom. The van der Waals surface area contributed by atoms with Crippen LogP contribution in [-0.2, 0) is 0 Å². The van der Waals surface area contributed by atoms with Gasteiger partial charge in [0.15, 0.2) is 11.5 Å². The monoisotopic (exact) mass is 492 g/mol. The number of hydrogen-bond donors (Lipinski definition) is 4. The molecule has 9 heteroatoms. The van der Waals surface area contributed by atoms with Gasteiger partial charge in [-0.25, -0.2) is 15.0 Å². The van der Waals surface area contributed by atoms with Crippen molar-refractivity contribution >= 4 is 29.7 Å². The van der Waals surface area contributed by atoms with Gasteiger partial charge in [-0.05, 0) is 56.3 Å². The number of rotatable bonds is 8. The van der Waals surface area contributed by atoms with Gasteiger partial charge in [-0.3, -0.25) is 4.40 Å². The van der Waals surface area contributed by atoms with Crippen LogP contribution in [0.3, 0.4) is 0 Å². The lowest BCUT2D eigenvalue weighted by atomic mass is 9.92. The zero-order chi connectivity index (χ0) is 23.3. The molecule has 1 unspecified atom stereocenters. The van der Waals surface area contributed by atoms with Crippen molar-refractivity contribution in [2.24, 2.45) is 11.5 Å². The molecule has 3 aromatic heterocycles. The first-order valence-corrected chi connectivity index (χ1v) is 12.0. The van der Waals surface area contributed by atoms with Gasteiger partial charge in [0.2, 0.25) is 0 Å². The number of pyridine rings is 1. The zero-order valence-corrected chi connectivity index (χ0v) is 20.5. The Labute approximate surface area is 212 Å². The van der Waals surface area contributed by atoms with Crippen LogP contribution in [0.1, 0.15) is 43.7 Å². The SMILES string of the molecule is Cl.NCCC(Nc1cccc(-c2cnc3c(NC4CCC(N)CC4)nccn23)n1)c1ccccc1. The summed E-state index contributed by atoms with van der Waals surface area (Å²) in [6.45, 7) is 0.592. The van der Waals surface area contributed by atoms with Crippen molar-refractivity contribution in [2.45, 2.75) is 50.2 Å². The lowest BCUT2D eigenvalue weighted by molar-refractivity contribution is 0.410. The molecule has 5 rings (SSSR count). The Hall–Kier alpha value is -3.20. The predicted molar refractivity (Wildman–Crippen MR) is 144 cm³/mol. The van der Waals surface area contributed by atoms with E-state index in [1.807, 2.05) is 59.4 Å². The average Bonchev–Trinajstić information content (AvgIpc) is 3.31. The van der Waals surface area contributed by atoms with Crippen LogP contribution < -0.4 is 22.1 Å². The van der Waals surface area contributed by atoms with E-state index in [1.165, 1.54) is 5.56 Å². The Balaban J connectivity index is 0.00000289. The summed E-state index contributed by atoms with van der Waals surface area (Å²) in [6, 6.07) is 17.1. The highest BCUT2D eigenvalue weighted by atomic mass is 35.5. The summed E-state index contributed by atoms with van der Waals surface area (Å²) in [7, 11) is 0. The number of nitrogens with one attached hydrogen (secondary N) is 2. The maximum Gasteiger partial charge on any atom is 0.180 e. The van der Waals surface area contributed by atoms with Crippen molar-refractivity contribution < 1.29 is 0 Å². The fourth-order valence-electron chi connectivity index (χ4n) is 4.68. The number of aromatic nitrogens is 4. The maximum atomic E-state index is 6.06. The first-order chi connectivity index (χ1) is 16.7. The number of fused-ring (bicyclic) bond motifs is 1. The number of nitrogens with zero attached hydrogens (tertiary/aromatic N) is 4. The summed E-state index contributed by atoms with van der Waals surface area (Å²) < 4.78 is 2.05. The van der Waals surface area contributed by atoms with Gasteiger partial charge in [0.25, 0.3) is 0 Å². The average molecular weight is 493 g/mol. The highest BCUT2D eigenvalue weighted by molar-refractivity contribution is 5.85. The molecule has 0 radical (unpaired) electrons. The molecule has 4 aromatic rings. The van der Waals surface area contributed by atoms with Gasteiger partial charge in [0, 0.05) is 24.5 Å². The summed E-state index contributed by atoms with van der Waals surface area (Å²) in [4.78, 5) is 14.1. The first kappa shape index (κ1) is 24.9. The van der Waals surface area contributed by atoms with Crippen LogP contribution in [0.15, 0.2) is 67.1 Å². The number of imidazole rings is 1. The molecule has 1 saturated carbocycles. The second-order valence-corrected chi connectivity index (χ2v) is 8.96. The Kier molecular flexibility index (Phi) is 8.17. The van der Waals surface area contributed by atoms with Crippen molar-refractivity contribution in [1.29, 1.82) is 0 Å². The standard InChI is InChI=1S/C26H32N8.ClH/c27-14-13-21(18-5-2-1-3-6-18)32-24-8-4-7-22(33-24)23-17-30-26-25(29-15-16-34(23)26)31-20-11-9-19(28)10-12-20;/h1-8,15-17,19-21H,9-14,27-28H2,(H,29,31)(H,32,33);1H. The Morgan fingerprint density at radius 3 is 2.57 bits per heavy atom. The van der Waals surface area contributed by atoms with Crippen LogP contribution in [0.5, 0.6) is 0 Å². The lowest BCUT2D eigenvalue weighted by Gasteiger charge is -2.27. The molecule has 0 saturated heterocycles. The highest BCUT2D eigenvalue weighted by Gasteiger charge is 2.20. The molecule has 3 heterocycles. The summed E-state index contributed by atoms with van der Waals surface area (Å²) in [5.41, 5.74) is 15.7. The normalized spacial score (nSPS) is 18.6. The lowest BCUT2D eigenvalue weighted by Crippen LogP contribution is -2.33. The van der Waals surface area contributed by atoms with E-state index < -0.39 is 0 Å². The van der Waals surface area contributed by atoms with Crippen LogP contribution in [0.2, 0.25) is 0 Å². The zero-order valence-electron chi connectivity index (χ0n) is 19.7. The number of anilines is 2. The molecule has 0 aliphatic heterocycles. The van der Waals surface area contributed by atoms with Gasteiger partial charge in [-0.15, -0.1) is 12.4 Å². The van der Waals surface area contributed by atoms with E-state index in [4.69, 9.17) is 16.5 Å². The molecule has 8 nitrogen and oxygen atoms in total. The minimum atomic E-state index is 0. The fourth-order valence-corrected chi connectivity index (χ4v) is 4.68. The van der Waals surface area contributed by atoms with E-state index in [2.05, 4.69) is 32.7 Å².